The molecule has 108 valence electrons. The number of likely N-dealkylation sites (N-methyl/N-ethyl adjacent to an activating group) is 1. The molecule has 2 heteroatoms. The van der Waals surface area contributed by atoms with Crippen LogP contribution in [-0.4, -0.2) is 25.0 Å². The summed E-state index contributed by atoms with van der Waals surface area (Å²) in [5, 5.41) is 2.61. The van der Waals surface area contributed by atoms with Gasteiger partial charge in [0.25, 0.3) is 0 Å². The van der Waals surface area contributed by atoms with E-state index < -0.39 is 0 Å². The maximum atomic E-state index is 6.07. The summed E-state index contributed by atoms with van der Waals surface area (Å²) in [6, 6.07) is 15.4. The van der Waals surface area contributed by atoms with Crippen LogP contribution in [0.15, 0.2) is 42.5 Å². The Morgan fingerprint density at radius 1 is 1.10 bits per heavy atom. The SMILES string of the molecule is CCC(C)CN(C)C(CN)c1cccc2ccccc12. The van der Waals surface area contributed by atoms with Crippen LogP contribution < -0.4 is 5.73 Å². The average Bonchev–Trinajstić information content (AvgIpc) is 2.48. The van der Waals surface area contributed by atoms with Crippen LogP contribution in [0.25, 0.3) is 10.8 Å². The van der Waals surface area contributed by atoms with Gasteiger partial charge in [-0.2, -0.15) is 0 Å². The van der Waals surface area contributed by atoms with Gasteiger partial charge in [0.15, 0.2) is 0 Å². The van der Waals surface area contributed by atoms with Crippen molar-refractivity contribution in [3.05, 3.63) is 48.0 Å². The second-order valence-electron chi connectivity index (χ2n) is 5.77. The highest BCUT2D eigenvalue weighted by Gasteiger charge is 2.18. The van der Waals surface area contributed by atoms with Gasteiger partial charge >= 0.3 is 0 Å². The van der Waals surface area contributed by atoms with E-state index in [-0.39, 0.29) is 6.04 Å². The van der Waals surface area contributed by atoms with Crippen LogP contribution >= 0.6 is 0 Å². The molecular formula is C18H26N2. The van der Waals surface area contributed by atoms with E-state index in [1.807, 2.05) is 0 Å². The second kappa shape index (κ2) is 6.87. The van der Waals surface area contributed by atoms with Crippen molar-refractivity contribution in [1.29, 1.82) is 0 Å². The zero-order valence-corrected chi connectivity index (χ0v) is 12.8. The molecule has 0 aliphatic rings. The smallest absolute Gasteiger partial charge is 0.0473 e. The Balaban J connectivity index is 2.34. The van der Waals surface area contributed by atoms with E-state index in [2.05, 4.69) is 68.3 Å². The summed E-state index contributed by atoms with van der Waals surface area (Å²) in [7, 11) is 2.19. The van der Waals surface area contributed by atoms with Gasteiger partial charge in [-0.25, -0.2) is 0 Å². The normalized spacial score (nSPS) is 14.7. The Kier molecular flexibility index (Phi) is 5.16. The summed E-state index contributed by atoms with van der Waals surface area (Å²) in [5.74, 6) is 0.698. The highest BCUT2D eigenvalue weighted by atomic mass is 15.1. The molecule has 2 aromatic carbocycles. The van der Waals surface area contributed by atoms with Crippen molar-refractivity contribution in [3.8, 4) is 0 Å². The van der Waals surface area contributed by atoms with Gasteiger partial charge in [0.2, 0.25) is 0 Å². The molecule has 0 heterocycles. The molecule has 0 amide bonds. The first-order valence-electron chi connectivity index (χ1n) is 7.55. The molecule has 0 spiro atoms. The van der Waals surface area contributed by atoms with Gasteiger partial charge in [-0.1, -0.05) is 62.7 Å². The van der Waals surface area contributed by atoms with Crippen LogP contribution in [0.3, 0.4) is 0 Å². The third-order valence-electron chi connectivity index (χ3n) is 4.23. The molecule has 2 rings (SSSR count). The minimum Gasteiger partial charge on any atom is -0.329 e. The van der Waals surface area contributed by atoms with E-state index in [9.17, 15) is 0 Å². The number of nitrogens with two attached hydrogens (primary N) is 1. The van der Waals surface area contributed by atoms with Crippen molar-refractivity contribution in [2.45, 2.75) is 26.3 Å². The number of hydrogen-bond donors (Lipinski definition) is 1. The molecule has 0 aliphatic heterocycles. The number of hydrogen-bond acceptors (Lipinski definition) is 2. The van der Waals surface area contributed by atoms with Crippen LogP contribution in [-0.2, 0) is 0 Å². The van der Waals surface area contributed by atoms with E-state index >= 15 is 0 Å². The molecule has 0 aromatic heterocycles. The van der Waals surface area contributed by atoms with Crippen molar-refractivity contribution < 1.29 is 0 Å². The first-order chi connectivity index (χ1) is 9.67. The zero-order chi connectivity index (χ0) is 14.5. The van der Waals surface area contributed by atoms with Gasteiger partial charge in [-0.3, -0.25) is 4.90 Å². The highest BCUT2D eigenvalue weighted by molar-refractivity contribution is 5.86. The summed E-state index contributed by atoms with van der Waals surface area (Å²) >= 11 is 0. The fourth-order valence-electron chi connectivity index (χ4n) is 2.83. The minimum atomic E-state index is 0.287. The first-order valence-corrected chi connectivity index (χ1v) is 7.55. The molecule has 0 saturated carbocycles. The van der Waals surface area contributed by atoms with Gasteiger partial charge in [0.1, 0.15) is 0 Å². The van der Waals surface area contributed by atoms with E-state index in [4.69, 9.17) is 5.73 Å². The Labute approximate surface area is 122 Å². The maximum Gasteiger partial charge on any atom is 0.0473 e. The number of nitrogens with zero attached hydrogens (tertiary/aromatic N) is 1. The van der Waals surface area contributed by atoms with Crippen molar-refractivity contribution in [2.24, 2.45) is 11.7 Å². The van der Waals surface area contributed by atoms with Gasteiger partial charge in [0.05, 0.1) is 0 Å². The third kappa shape index (κ3) is 3.20. The molecule has 2 nitrogen and oxygen atoms in total. The van der Waals surface area contributed by atoms with E-state index in [1.165, 1.54) is 22.8 Å². The molecule has 2 atom stereocenters. The fourth-order valence-corrected chi connectivity index (χ4v) is 2.83. The first kappa shape index (κ1) is 15.0. The van der Waals surface area contributed by atoms with Crippen molar-refractivity contribution in [2.75, 3.05) is 20.1 Å². The van der Waals surface area contributed by atoms with E-state index in [1.54, 1.807) is 0 Å². The van der Waals surface area contributed by atoms with Gasteiger partial charge < -0.3 is 5.73 Å². The molecule has 0 saturated heterocycles. The van der Waals surface area contributed by atoms with Crippen LogP contribution in [0, 0.1) is 5.92 Å². The maximum absolute atomic E-state index is 6.07. The fraction of sp³-hybridized carbons (Fsp3) is 0.444. The average molecular weight is 270 g/mol. The second-order valence-corrected chi connectivity index (χ2v) is 5.77. The molecule has 0 aliphatic carbocycles. The highest BCUT2D eigenvalue weighted by Crippen LogP contribution is 2.27. The molecule has 0 fully saturated rings. The van der Waals surface area contributed by atoms with Crippen molar-refractivity contribution in [1.82, 2.24) is 4.90 Å². The largest absolute Gasteiger partial charge is 0.329 e. The predicted molar refractivity (Wildman–Crippen MR) is 87.8 cm³/mol. The zero-order valence-electron chi connectivity index (χ0n) is 12.8. The van der Waals surface area contributed by atoms with Gasteiger partial charge in [-0.15, -0.1) is 0 Å². The lowest BCUT2D eigenvalue weighted by molar-refractivity contribution is 0.216. The monoisotopic (exact) mass is 270 g/mol. The number of rotatable bonds is 6. The molecule has 2 unspecified atom stereocenters. The summed E-state index contributed by atoms with van der Waals surface area (Å²) < 4.78 is 0. The van der Waals surface area contributed by atoms with Crippen molar-refractivity contribution >= 4 is 10.8 Å². The number of fused-ring (bicyclic) bond motifs is 1. The Hall–Kier alpha value is -1.38. The quantitative estimate of drug-likeness (QED) is 0.864. The standard InChI is InChI=1S/C18H26N2/c1-4-14(2)13-20(3)18(12-19)17-11-7-9-15-8-5-6-10-16(15)17/h5-11,14,18H,4,12-13,19H2,1-3H3. The molecule has 20 heavy (non-hydrogen) atoms. The molecule has 0 radical (unpaired) electrons. The number of benzene rings is 2. The molecule has 0 bridgehead atoms. The topological polar surface area (TPSA) is 29.3 Å². The van der Waals surface area contributed by atoms with E-state index in [0.29, 0.717) is 12.5 Å². The molecular weight excluding hydrogens is 244 g/mol. The molecule has 2 N–H and O–H groups in total. The predicted octanol–water partition coefficient (Wildman–Crippen LogP) is 3.82. The lowest BCUT2D eigenvalue weighted by Gasteiger charge is -2.30. The van der Waals surface area contributed by atoms with Gasteiger partial charge in [-0.05, 0) is 29.3 Å². The van der Waals surface area contributed by atoms with E-state index in [0.717, 1.165) is 6.54 Å². The van der Waals surface area contributed by atoms with Crippen LogP contribution in [0.5, 0.6) is 0 Å². The van der Waals surface area contributed by atoms with Crippen molar-refractivity contribution in [3.63, 3.8) is 0 Å². The Bertz CT molecular complexity index is 545. The summed E-state index contributed by atoms with van der Waals surface area (Å²) in [6.45, 7) is 6.28. The summed E-state index contributed by atoms with van der Waals surface area (Å²) in [4.78, 5) is 2.40. The van der Waals surface area contributed by atoms with Crippen LogP contribution in [0.1, 0.15) is 31.9 Å². The lowest BCUT2D eigenvalue weighted by Crippen LogP contribution is -2.33. The summed E-state index contributed by atoms with van der Waals surface area (Å²) in [6.07, 6.45) is 1.21. The minimum absolute atomic E-state index is 0.287. The van der Waals surface area contributed by atoms with Crippen LogP contribution in [0.2, 0.25) is 0 Å². The summed E-state index contributed by atoms with van der Waals surface area (Å²) in [5.41, 5.74) is 7.42. The Morgan fingerprint density at radius 3 is 2.50 bits per heavy atom. The van der Waals surface area contributed by atoms with Crippen LogP contribution in [0.4, 0.5) is 0 Å². The Morgan fingerprint density at radius 2 is 1.80 bits per heavy atom. The molecule has 2 aromatic rings. The lowest BCUT2D eigenvalue weighted by atomic mass is 9.97. The van der Waals surface area contributed by atoms with Gasteiger partial charge in [0, 0.05) is 19.1 Å². The third-order valence-corrected chi connectivity index (χ3v) is 4.23.